The van der Waals surface area contributed by atoms with E-state index in [4.69, 9.17) is 0 Å². The molecule has 0 amide bonds. The van der Waals surface area contributed by atoms with E-state index in [1.165, 1.54) is 5.56 Å². The lowest BCUT2D eigenvalue weighted by atomic mass is 10.2. The molecule has 0 unspecified atom stereocenters. The van der Waals surface area contributed by atoms with Gasteiger partial charge in [0.05, 0.1) is 5.69 Å². The van der Waals surface area contributed by atoms with Crippen LogP contribution in [0.3, 0.4) is 0 Å². The molecule has 0 aliphatic rings. The highest BCUT2D eigenvalue weighted by Gasteiger charge is 2.06. The lowest BCUT2D eigenvalue weighted by Gasteiger charge is -2.20. The van der Waals surface area contributed by atoms with Crippen molar-refractivity contribution < 1.29 is 0 Å². The van der Waals surface area contributed by atoms with Crippen LogP contribution in [0.4, 0.5) is 5.82 Å². The van der Waals surface area contributed by atoms with Crippen LogP contribution in [0, 0.1) is 0 Å². The minimum Gasteiger partial charge on any atom is -0.373 e. The molecule has 0 aliphatic heterocycles. The molecule has 4 heteroatoms. The van der Waals surface area contributed by atoms with Gasteiger partial charge in [0, 0.05) is 32.5 Å². The van der Waals surface area contributed by atoms with Crippen molar-refractivity contribution in [1.29, 1.82) is 0 Å². The molecule has 0 saturated carbocycles. The zero-order chi connectivity index (χ0) is 13.5. The van der Waals surface area contributed by atoms with Gasteiger partial charge in [-0.3, -0.25) is 9.88 Å². The highest BCUT2D eigenvalue weighted by Crippen LogP contribution is 2.11. The second kappa shape index (κ2) is 6.85. The van der Waals surface area contributed by atoms with Crippen LogP contribution in [0.1, 0.15) is 18.2 Å². The third-order valence-corrected chi connectivity index (χ3v) is 3.05. The molecule has 100 valence electrons. The van der Waals surface area contributed by atoms with E-state index in [1.807, 2.05) is 31.6 Å². The van der Waals surface area contributed by atoms with Gasteiger partial charge in [-0.1, -0.05) is 13.0 Å². The lowest BCUT2D eigenvalue weighted by molar-refractivity contribution is 0.268. The number of aromatic nitrogens is 2. The Balaban J connectivity index is 2.02. The van der Waals surface area contributed by atoms with Crippen molar-refractivity contribution in [2.75, 3.05) is 18.9 Å². The van der Waals surface area contributed by atoms with E-state index in [0.29, 0.717) is 0 Å². The van der Waals surface area contributed by atoms with Gasteiger partial charge < -0.3 is 5.32 Å². The first-order valence-corrected chi connectivity index (χ1v) is 6.56. The van der Waals surface area contributed by atoms with Crippen LogP contribution in [0.5, 0.6) is 0 Å². The fourth-order valence-electron chi connectivity index (χ4n) is 1.97. The average Bonchev–Trinajstić information content (AvgIpc) is 2.48. The van der Waals surface area contributed by atoms with Crippen LogP contribution in [0.25, 0.3) is 0 Å². The topological polar surface area (TPSA) is 41.1 Å². The van der Waals surface area contributed by atoms with Crippen LogP contribution < -0.4 is 5.32 Å². The van der Waals surface area contributed by atoms with Crippen molar-refractivity contribution in [2.24, 2.45) is 0 Å². The van der Waals surface area contributed by atoms with E-state index < -0.39 is 0 Å². The summed E-state index contributed by atoms with van der Waals surface area (Å²) < 4.78 is 0. The highest BCUT2D eigenvalue weighted by molar-refractivity contribution is 5.36. The third kappa shape index (κ3) is 4.03. The number of anilines is 1. The third-order valence-electron chi connectivity index (χ3n) is 3.05. The molecule has 2 aromatic rings. The molecule has 2 heterocycles. The Bertz CT molecular complexity index is 499. The van der Waals surface area contributed by atoms with Gasteiger partial charge >= 0.3 is 0 Å². The smallest absolute Gasteiger partial charge is 0.125 e. The summed E-state index contributed by atoms with van der Waals surface area (Å²) in [6.07, 6.45) is 3.69. The molecular formula is C15H20N4. The maximum Gasteiger partial charge on any atom is 0.125 e. The van der Waals surface area contributed by atoms with Gasteiger partial charge in [0.25, 0.3) is 0 Å². The fraction of sp³-hybridized carbons (Fsp3) is 0.333. The number of nitrogens with one attached hydrogen (secondary N) is 1. The Morgan fingerprint density at radius 2 is 2.00 bits per heavy atom. The lowest BCUT2D eigenvalue weighted by Crippen LogP contribution is -2.22. The highest BCUT2D eigenvalue weighted by atomic mass is 15.1. The molecule has 0 atom stereocenters. The molecule has 0 radical (unpaired) electrons. The molecule has 1 N–H and O–H groups in total. The van der Waals surface area contributed by atoms with Crippen molar-refractivity contribution in [3.05, 3.63) is 54.0 Å². The standard InChI is InChI=1S/C15H20N4/c1-3-19(12-14-6-4-5-8-17-14)11-13-7-9-18-15(10-13)16-2/h4-10H,3,11-12H2,1-2H3,(H,16,18). The number of nitrogens with zero attached hydrogens (tertiary/aromatic N) is 3. The van der Waals surface area contributed by atoms with E-state index in [1.54, 1.807) is 0 Å². The van der Waals surface area contributed by atoms with Gasteiger partial charge in [-0.05, 0) is 36.4 Å². The van der Waals surface area contributed by atoms with Gasteiger partial charge in [-0.15, -0.1) is 0 Å². The summed E-state index contributed by atoms with van der Waals surface area (Å²) in [7, 11) is 1.89. The second-order valence-corrected chi connectivity index (χ2v) is 4.42. The normalized spacial score (nSPS) is 10.7. The number of pyridine rings is 2. The van der Waals surface area contributed by atoms with Crippen LogP contribution >= 0.6 is 0 Å². The molecule has 4 nitrogen and oxygen atoms in total. The minimum atomic E-state index is 0.870. The maximum absolute atomic E-state index is 4.38. The molecule has 0 bridgehead atoms. The van der Waals surface area contributed by atoms with Gasteiger partial charge in [0.2, 0.25) is 0 Å². The molecule has 2 rings (SSSR count). The first-order valence-electron chi connectivity index (χ1n) is 6.56. The van der Waals surface area contributed by atoms with Gasteiger partial charge in [0.15, 0.2) is 0 Å². The zero-order valence-electron chi connectivity index (χ0n) is 11.5. The monoisotopic (exact) mass is 256 g/mol. The summed E-state index contributed by atoms with van der Waals surface area (Å²) in [4.78, 5) is 11.0. The summed E-state index contributed by atoms with van der Waals surface area (Å²) in [6.45, 7) is 4.94. The van der Waals surface area contributed by atoms with Crippen LogP contribution in [-0.4, -0.2) is 28.5 Å². The van der Waals surface area contributed by atoms with E-state index in [2.05, 4.69) is 45.3 Å². The average molecular weight is 256 g/mol. The second-order valence-electron chi connectivity index (χ2n) is 4.42. The predicted octanol–water partition coefficient (Wildman–Crippen LogP) is 2.54. The van der Waals surface area contributed by atoms with Crippen molar-refractivity contribution in [2.45, 2.75) is 20.0 Å². The van der Waals surface area contributed by atoms with E-state index >= 15 is 0 Å². The fourth-order valence-corrected chi connectivity index (χ4v) is 1.97. The molecule has 2 aromatic heterocycles. The molecule has 19 heavy (non-hydrogen) atoms. The Morgan fingerprint density at radius 3 is 2.68 bits per heavy atom. The van der Waals surface area contributed by atoms with Gasteiger partial charge in [-0.25, -0.2) is 4.98 Å². The van der Waals surface area contributed by atoms with Gasteiger partial charge in [0.1, 0.15) is 5.82 Å². The molecular weight excluding hydrogens is 236 g/mol. The van der Waals surface area contributed by atoms with Crippen LogP contribution in [0.2, 0.25) is 0 Å². The SMILES string of the molecule is CCN(Cc1ccnc(NC)c1)Cc1ccccn1. The first kappa shape index (κ1) is 13.5. The number of rotatable bonds is 6. The molecule has 0 aliphatic carbocycles. The summed E-state index contributed by atoms with van der Waals surface area (Å²) in [5.74, 6) is 0.909. The van der Waals surface area contributed by atoms with Crippen molar-refractivity contribution in [3.8, 4) is 0 Å². The summed E-state index contributed by atoms with van der Waals surface area (Å²) in [5.41, 5.74) is 2.37. The molecule has 0 aromatic carbocycles. The molecule has 0 spiro atoms. The summed E-state index contributed by atoms with van der Waals surface area (Å²) in [5, 5.41) is 3.07. The molecule has 0 saturated heterocycles. The van der Waals surface area contributed by atoms with Crippen molar-refractivity contribution >= 4 is 5.82 Å². The maximum atomic E-state index is 4.38. The Morgan fingerprint density at radius 1 is 1.11 bits per heavy atom. The van der Waals surface area contributed by atoms with Crippen molar-refractivity contribution in [1.82, 2.24) is 14.9 Å². The zero-order valence-corrected chi connectivity index (χ0v) is 11.5. The summed E-state index contributed by atoms with van der Waals surface area (Å²) in [6, 6.07) is 10.2. The Kier molecular flexibility index (Phi) is 4.86. The van der Waals surface area contributed by atoms with Crippen LogP contribution in [0.15, 0.2) is 42.7 Å². The Hall–Kier alpha value is -1.94. The van der Waals surface area contributed by atoms with E-state index in [-0.39, 0.29) is 0 Å². The minimum absolute atomic E-state index is 0.870. The van der Waals surface area contributed by atoms with Crippen LogP contribution in [-0.2, 0) is 13.1 Å². The predicted molar refractivity (Wildman–Crippen MR) is 77.8 cm³/mol. The van der Waals surface area contributed by atoms with Gasteiger partial charge in [-0.2, -0.15) is 0 Å². The first-order chi connectivity index (χ1) is 9.31. The Labute approximate surface area is 114 Å². The number of hydrogen-bond acceptors (Lipinski definition) is 4. The molecule has 0 fully saturated rings. The summed E-state index contributed by atoms with van der Waals surface area (Å²) >= 11 is 0. The quantitative estimate of drug-likeness (QED) is 0.862. The van der Waals surface area contributed by atoms with E-state index in [0.717, 1.165) is 31.1 Å². The number of hydrogen-bond donors (Lipinski definition) is 1. The van der Waals surface area contributed by atoms with Crippen molar-refractivity contribution in [3.63, 3.8) is 0 Å². The largest absolute Gasteiger partial charge is 0.373 e. The van der Waals surface area contributed by atoms with E-state index in [9.17, 15) is 0 Å².